The zero-order valence-corrected chi connectivity index (χ0v) is 14.4. The summed E-state index contributed by atoms with van der Waals surface area (Å²) in [6, 6.07) is 11.6. The molecule has 7 heteroatoms. The number of non-ortho nitro benzene ring substituents is 1. The molecule has 0 aromatic heterocycles. The Hall–Kier alpha value is -2.60. The van der Waals surface area contributed by atoms with Crippen LogP contribution in [0.3, 0.4) is 0 Å². The van der Waals surface area contributed by atoms with E-state index in [1.165, 1.54) is 18.2 Å². The predicted molar refractivity (Wildman–Crippen MR) is 94.0 cm³/mol. The predicted octanol–water partition coefficient (Wildman–Crippen LogP) is 4.06. The largest absolute Gasteiger partial charge is 0.497 e. The number of amides is 1. The summed E-state index contributed by atoms with van der Waals surface area (Å²) in [7, 11) is 1.60. The lowest BCUT2D eigenvalue weighted by Crippen LogP contribution is -2.32. The highest BCUT2D eigenvalue weighted by molar-refractivity contribution is 6.34. The molecule has 1 aliphatic rings. The van der Waals surface area contributed by atoms with Gasteiger partial charge in [0.15, 0.2) is 0 Å². The van der Waals surface area contributed by atoms with Crippen LogP contribution in [-0.2, 0) is 6.54 Å². The summed E-state index contributed by atoms with van der Waals surface area (Å²) in [5, 5.41) is 11.2. The number of ether oxygens (including phenoxy) is 1. The van der Waals surface area contributed by atoms with Crippen molar-refractivity contribution < 1.29 is 14.5 Å². The van der Waals surface area contributed by atoms with E-state index in [-0.39, 0.29) is 28.2 Å². The van der Waals surface area contributed by atoms with Gasteiger partial charge >= 0.3 is 0 Å². The average Bonchev–Trinajstić information content (AvgIpc) is 3.44. The number of carbonyl (C=O) groups excluding carboxylic acids is 1. The molecule has 0 spiro atoms. The molecule has 0 bridgehead atoms. The molecule has 0 heterocycles. The first kappa shape index (κ1) is 17.2. The molecule has 0 N–H and O–H groups in total. The zero-order chi connectivity index (χ0) is 18.0. The van der Waals surface area contributed by atoms with Gasteiger partial charge in [-0.15, -0.1) is 0 Å². The SMILES string of the molecule is COc1ccc(CN(C(=O)c2cc([N+](=O)[O-])ccc2Cl)C2CC2)cc1. The molecule has 2 aromatic carbocycles. The lowest BCUT2D eigenvalue weighted by Gasteiger charge is -2.23. The second-order valence-electron chi connectivity index (χ2n) is 5.93. The monoisotopic (exact) mass is 360 g/mol. The van der Waals surface area contributed by atoms with E-state index >= 15 is 0 Å². The van der Waals surface area contributed by atoms with E-state index in [1.54, 1.807) is 12.0 Å². The van der Waals surface area contributed by atoms with Crippen molar-refractivity contribution in [2.45, 2.75) is 25.4 Å². The number of nitro benzene ring substituents is 1. The number of nitro groups is 1. The molecule has 2 aromatic rings. The standard InChI is InChI=1S/C18H17ClN2O4/c1-25-15-7-2-12(3-8-15)11-20(13-4-5-13)18(22)16-10-14(21(23)24)6-9-17(16)19/h2-3,6-10,13H,4-5,11H2,1H3. The van der Waals surface area contributed by atoms with Gasteiger partial charge < -0.3 is 9.64 Å². The number of rotatable bonds is 6. The Balaban J connectivity index is 1.86. The second-order valence-corrected chi connectivity index (χ2v) is 6.34. The third-order valence-electron chi connectivity index (χ3n) is 4.15. The highest BCUT2D eigenvalue weighted by atomic mass is 35.5. The third-order valence-corrected chi connectivity index (χ3v) is 4.48. The number of benzene rings is 2. The molecule has 0 saturated heterocycles. The smallest absolute Gasteiger partial charge is 0.270 e. The van der Waals surface area contributed by atoms with Crippen molar-refractivity contribution >= 4 is 23.2 Å². The molecule has 130 valence electrons. The topological polar surface area (TPSA) is 72.7 Å². The fourth-order valence-corrected chi connectivity index (χ4v) is 2.82. The molecule has 1 fully saturated rings. The number of methoxy groups -OCH3 is 1. The van der Waals surface area contributed by atoms with Crippen LogP contribution in [0.2, 0.25) is 5.02 Å². The quantitative estimate of drug-likeness (QED) is 0.575. The van der Waals surface area contributed by atoms with Gasteiger partial charge in [-0.05, 0) is 36.6 Å². The molecule has 0 unspecified atom stereocenters. The number of halogens is 1. The third kappa shape index (κ3) is 3.91. The Kier molecular flexibility index (Phi) is 4.90. The fourth-order valence-electron chi connectivity index (χ4n) is 2.63. The molecule has 6 nitrogen and oxygen atoms in total. The summed E-state index contributed by atoms with van der Waals surface area (Å²) in [5.41, 5.74) is 0.979. The maximum atomic E-state index is 12.9. The highest BCUT2D eigenvalue weighted by Crippen LogP contribution is 2.32. The van der Waals surface area contributed by atoms with Crippen molar-refractivity contribution in [2.24, 2.45) is 0 Å². The normalized spacial score (nSPS) is 13.4. The Morgan fingerprint density at radius 1 is 1.28 bits per heavy atom. The van der Waals surface area contributed by atoms with Crippen LogP contribution in [0, 0.1) is 10.1 Å². The maximum absolute atomic E-state index is 12.9. The first-order valence-corrected chi connectivity index (χ1v) is 8.25. The number of hydrogen-bond donors (Lipinski definition) is 0. The molecule has 0 atom stereocenters. The second kappa shape index (κ2) is 7.11. The van der Waals surface area contributed by atoms with E-state index in [2.05, 4.69) is 0 Å². The van der Waals surface area contributed by atoms with Gasteiger partial charge in [0.1, 0.15) is 5.75 Å². The van der Waals surface area contributed by atoms with E-state index < -0.39 is 4.92 Å². The number of hydrogen-bond acceptors (Lipinski definition) is 4. The van der Waals surface area contributed by atoms with Crippen LogP contribution in [0.15, 0.2) is 42.5 Å². The van der Waals surface area contributed by atoms with Crippen molar-refractivity contribution in [1.29, 1.82) is 0 Å². The van der Waals surface area contributed by atoms with Crippen LogP contribution >= 0.6 is 11.6 Å². The summed E-state index contributed by atoms with van der Waals surface area (Å²) >= 11 is 6.12. The van der Waals surface area contributed by atoms with Gasteiger partial charge in [-0.2, -0.15) is 0 Å². The van der Waals surface area contributed by atoms with Crippen LogP contribution in [0.5, 0.6) is 5.75 Å². The van der Waals surface area contributed by atoms with Crippen LogP contribution in [0.25, 0.3) is 0 Å². The van der Waals surface area contributed by atoms with Crippen molar-refractivity contribution in [3.8, 4) is 5.75 Å². The highest BCUT2D eigenvalue weighted by Gasteiger charge is 2.34. The zero-order valence-electron chi connectivity index (χ0n) is 13.6. The van der Waals surface area contributed by atoms with Crippen molar-refractivity contribution in [2.75, 3.05) is 7.11 Å². The first-order valence-electron chi connectivity index (χ1n) is 7.87. The minimum absolute atomic E-state index is 0.143. The lowest BCUT2D eigenvalue weighted by atomic mass is 10.1. The fraction of sp³-hybridized carbons (Fsp3) is 0.278. The van der Waals surface area contributed by atoms with Gasteiger partial charge in [-0.1, -0.05) is 23.7 Å². The minimum atomic E-state index is -0.530. The Labute approximate surface area is 150 Å². The molecule has 25 heavy (non-hydrogen) atoms. The van der Waals surface area contributed by atoms with Gasteiger partial charge in [-0.3, -0.25) is 14.9 Å². The molecule has 3 rings (SSSR count). The van der Waals surface area contributed by atoms with E-state index in [0.29, 0.717) is 6.54 Å². The van der Waals surface area contributed by atoms with Crippen molar-refractivity contribution in [3.63, 3.8) is 0 Å². The molecular weight excluding hydrogens is 344 g/mol. The lowest BCUT2D eigenvalue weighted by molar-refractivity contribution is -0.384. The summed E-state index contributed by atoms with van der Waals surface area (Å²) in [6.45, 7) is 0.423. The first-order chi connectivity index (χ1) is 12.0. The Morgan fingerprint density at radius 3 is 2.52 bits per heavy atom. The van der Waals surface area contributed by atoms with E-state index in [0.717, 1.165) is 24.2 Å². The van der Waals surface area contributed by atoms with Crippen molar-refractivity contribution in [3.05, 3.63) is 68.7 Å². The van der Waals surface area contributed by atoms with Gasteiger partial charge in [0.25, 0.3) is 11.6 Å². The number of carbonyl (C=O) groups is 1. The molecule has 1 saturated carbocycles. The van der Waals surface area contributed by atoms with Crippen molar-refractivity contribution in [1.82, 2.24) is 4.90 Å². The summed E-state index contributed by atoms with van der Waals surface area (Å²) in [5.74, 6) is 0.460. The Bertz CT molecular complexity index is 803. The summed E-state index contributed by atoms with van der Waals surface area (Å²) in [6.07, 6.45) is 1.85. The molecule has 1 aliphatic carbocycles. The summed E-state index contributed by atoms with van der Waals surface area (Å²) in [4.78, 5) is 25.1. The Morgan fingerprint density at radius 2 is 1.96 bits per heavy atom. The number of nitrogens with zero attached hydrogens (tertiary/aromatic N) is 2. The van der Waals surface area contributed by atoms with Gasteiger partial charge in [0.05, 0.1) is 22.6 Å². The van der Waals surface area contributed by atoms with Gasteiger partial charge in [0, 0.05) is 24.7 Å². The summed E-state index contributed by atoms with van der Waals surface area (Å²) < 4.78 is 5.14. The van der Waals surface area contributed by atoms with Crippen LogP contribution in [0.4, 0.5) is 5.69 Å². The molecule has 1 amide bonds. The van der Waals surface area contributed by atoms with E-state index in [1.807, 2.05) is 24.3 Å². The molecule has 0 radical (unpaired) electrons. The van der Waals surface area contributed by atoms with Crippen LogP contribution in [-0.4, -0.2) is 28.9 Å². The van der Waals surface area contributed by atoms with E-state index in [9.17, 15) is 14.9 Å². The molecule has 0 aliphatic heterocycles. The molecular formula is C18H17ClN2O4. The minimum Gasteiger partial charge on any atom is -0.497 e. The van der Waals surface area contributed by atoms with E-state index in [4.69, 9.17) is 16.3 Å². The van der Waals surface area contributed by atoms with Gasteiger partial charge in [-0.25, -0.2) is 0 Å². The average molecular weight is 361 g/mol. The maximum Gasteiger partial charge on any atom is 0.270 e. The van der Waals surface area contributed by atoms with Crippen LogP contribution in [0.1, 0.15) is 28.8 Å². The van der Waals surface area contributed by atoms with Crippen LogP contribution < -0.4 is 4.74 Å². The van der Waals surface area contributed by atoms with Gasteiger partial charge in [0.2, 0.25) is 0 Å².